The van der Waals surface area contributed by atoms with Gasteiger partial charge in [0.25, 0.3) is 0 Å². The largest absolute Gasteiger partial charge is 0.480 e. The second kappa shape index (κ2) is 6.15. The van der Waals surface area contributed by atoms with Gasteiger partial charge in [0.05, 0.1) is 5.56 Å². The van der Waals surface area contributed by atoms with E-state index in [-0.39, 0.29) is 12.6 Å². The highest BCUT2D eigenvalue weighted by atomic mass is 19.4. The van der Waals surface area contributed by atoms with E-state index in [0.29, 0.717) is 17.9 Å². The lowest BCUT2D eigenvalue weighted by Gasteiger charge is -2.33. The molecule has 2 aliphatic rings. The summed E-state index contributed by atoms with van der Waals surface area (Å²) in [7, 11) is 0. The fourth-order valence-corrected chi connectivity index (χ4v) is 4.08. The number of rotatable bonds is 3. The van der Waals surface area contributed by atoms with E-state index in [2.05, 4.69) is 0 Å². The van der Waals surface area contributed by atoms with Crippen molar-refractivity contribution in [2.45, 2.75) is 56.9 Å². The van der Waals surface area contributed by atoms with Crippen LogP contribution in [0.3, 0.4) is 0 Å². The zero-order valence-electron chi connectivity index (χ0n) is 12.7. The molecule has 2 fully saturated rings. The summed E-state index contributed by atoms with van der Waals surface area (Å²) in [6.07, 6.45) is 0.373. The Balaban J connectivity index is 1.83. The molecule has 126 valence electrons. The van der Waals surface area contributed by atoms with Gasteiger partial charge in [0.15, 0.2) is 0 Å². The minimum atomic E-state index is -4.37. The molecular weight excluding hydrogens is 307 g/mol. The molecule has 0 amide bonds. The van der Waals surface area contributed by atoms with Gasteiger partial charge in [-0.25, -0.2) is 0 Å². The highest BCUT2D eigenvalue weighted by Gasteiger charge is 2.45. The Hall–Kier alpha value is -1.56. The zero-order valence-corrected chi connectivity index (χ0v) is 12.7. The van der Waals surface area contributed by atoms with Gasteiger partial charge in [0, 0.05) is 12.6 Å². The molecule has 1 aromatic rings. The van der Waals surface area contributed by atoms with E-state index in [4.69, 9.17) is 0 Å². The first kappa shape index (κ1) is 16.3. The van der Waals surface area contributed by atoms with Crippen molar-refractivity contribution in [3.8, 4) is 0 Å². The average Bonchev–Trinajstić information content (AvgIpc) is 2.86. The van der Waals surface area contributed by atoms with Crippen molar-refractivity contribution in [1.82, 2.24) is 4.90 Å². The third kappa shape index (κ3) is 3.37. The molecule has 1 N–H and O–H groups in total. The van der Waals surface area contributed by atoms with Crippen LogP contribution in [0, 0.1) is 5.92 Å². The van der Waals surface area contributed by atoms with Gasteiger partial charge in [0.1, 0.15) is 6.04 Å². The van der Waals surface area contributed by atoms with Crippen LogP contribution in [0.15, 0.2) is 24.3 Å². The predicted octanol–water partition coefficient (Wildman–Crippen LogP) is 3.92. The number of carboxylic acids is 1. The van der Waals surface area contributed by atoms with Gasteiger partial charge in [-0.2, -0.15) is 13.2 Å². The molecule has 1 saturated heterocycles. The number of alkyl halides is 3. The molecule has 3 nitrogen and oxygen atoms in total. The van der Waals surface area contributed by atoms with E-state index in [9.17, 15) is 23.1 Å². The van der Waals surface area contributed by atoms with Gasteiger partial charge >= 0.3 is 12.1 Å². The number of benzene rings is 1. The second-order valence-electron chi connectivity index (χ2n) is 6.57. The Morgan fingerprint density at radius 1 is 1.26 bits per heavy atom. The maximum Gasteiger partial charge on any atom is 0.416 e. The van der Waals surface area contributed by atoms with Crippen LogP contribution in [-0.2, 0) is 17.5 Å². The van der Waals surface area contributed by atoms with Gasteiger partial charge in [-0.1, -0.05) is 31.0 Å². The highest BCUT2D eigenvalue weighted by molar-refractivity contribution is 5.74. The maximum atomic E-state index is 12.8. The molecule has 0 spiro atoms. The number of hydrogen-bond acceptors (Lipinski definition) is 2. The smallest absolute Gasteiger partial charge is 0.416 e. The average molecular weight is 327 g/mol. The van der Waals surface area contributed by atoms with Crippen LogP contribution in [0.4, 0.5) is 13.2 Å². The molecule has 1 aliphatic carbocycles. The number of aliphatic carboxylic acids is 1. The van der Waals surface area contributed by atoms with Crippen molar-refractivity contribution in [3.05, 3.63) is 35.4 Å². The molecule has 0 radical (unpaired) electrons. The second-order valence-corrected chi connectivity index (χ2v) is 6.57. The van der Waals surface area contributed by atoms with E-state index < -0.39 is 23.8 Å². The topological polar surface area (TPSA) is 40.5 Å². The van der Waals surface area contributed by atoms with Gasteiger partial charge < -0.3 is 5.11 Å². The summed E-state index contributed by atoms with van der Waals surface area (Å²) in [6, 6.07) is 4.81. The maximum absolute atomic E-state index is 12.8. The van der Waals surface area contributed by atoms with Crippen LogP contribution >= 0.6 is 0 Å². The van der Waals surface area contributed by atoms with Crippen molar-refractivity contribution in [1.29, 1.82) is 0 Å². The molecule has 3 rings (SSSR count). The van der Waals surface area contributed by atoms with Crippen molar-refractivity contribution < 1.29 is 23.1 Å². The van der Waals surface area contributed by atoms with Gasteiger partial charge in [-0.15, -0.1) is 0 Å². The molecule has 1 aromatic carbocycles. The fourth-order valence-electron chi connectivity index (χ4n) is 4.08. The molecule has 1 saturated carbocycles. The number of carbonyl (C=O) groups is 1. The molecule has 1 aliphatic heterocycles. The molecule has 0 aromatic heterocycles. The number of hydrogen-bond donors (Lipinski definition) is 1. The van der Waals surface area contributed by atoms with Crippen LogP contribution in [0.1, 0.15) is 43.2 Å². The summed E-state index contributed by atoms with van der Waals surface area (Å²) in [6.45, 7) is 0.266. The SMILES string of the molecule is O=C(O)C1CC2CCCCC2N1Cc1cccc(C(F)(F)F)c1. The minimum Gasteiger partial charge on any atom is -0.480 e. The van der Waals surface area contributed by atoms with E-state index in [0.717, 1.165) is 37.8 Å². The molecule has 6 heteroatoms. The van der Waals surface area contributed by atoms with Crippen molar-refractivity contribution in [3.63, 3.8) is 0 Å². The Morgan fingerprint density at radius 2 is 2.00 bits per heavy atom. The molecule has 1 heterocycles. The number of fused-ring (bicyclic) bond motifs is 1. The standard InChI is InChI=1S/C17H20F3NO2/c18-17(19,20)13-6-3-4-11(8-13)10-21-14-7-2-1-5-12(14)9-15(21)16(22)23/h3-4,6,8,12,14-15H,1-2,5,7,9-10H2,(H,22,23). The monoisotopic (exact) mass is 327 g/mol. The molecular formula is C17H20F3NO2. The normalized spacial score (nSPS) is 28.6. The van der Waals surface area contributed by atoms with Gasteiger partial charge in [-0.3, -0.25) is 9.69 Å². The summed E-state index contributed by atoms with van der Waals surface area (Å²) in [4.78, 5) is 13.5. The Kier molecular flexibility index (Phi) is 4.36. The molecule has 3 atom stereocenters. The molecule has 0 bridgehead atoms. The minimum absolute atomic E-state index is 0.180. The summed E-state index contributed by atoms with van der Waals surface area (Å²) in [5.41, 5.74) is -0.154. The number of nitrogens with zero attached hydrogens (tertiary/aromatic N) is 1. The number of likely N-dealkylation sites (tertiary alicyclic amines) is 1. The number of carboxylic acid groups (broad SMARTS) is 1. The molecule has 23 heavy (non-hydrogen) atoms. The van der Waals surface area contributed by atoms with Crippen molar-refractivity contribution in [2.24, 2.45) is 5.92 Å². The lowest BCUT2D eigenvalue weighted by atomic mass is 9.84. The van der Waals surface area contributed by atoms with Crippen LogP contribution in [-0.4, -0.2) is 28.1 Å². The molecule has 3 unspecified atom stereocenters. The third-order valence-corrected chi connectivity index (χ3v) is 5.13. The van der Waals surface area contributed by atoms with Crippen LogP contribution in [0.5, 0.6) is 0 Å². The number of halogens is 3. The van der Waals surface area contributed by atoms with E-state index in [1.807, 2.05) is 4.90 Å². The zero-order chi connectivity index (χ0) is 16.6. The summed E-state index contributed by atoms with van der Waals surface area (Å²) in [5.74, 6) is -0.512. The quantitative estimate of drug-likeness (QED) is 0.915. The lowest BCUT2D eigenvalue weighted by molar-refractivity contribution is -0.143. The third-order valence-electron chi connectivity index (χ3n) is 5.13. The van der Waals surface area contributed by atoms with Crippen LogP contribution < -0.4 is 0 Å². The first-order valence-corrected chi connectivity index (χ1v) is 8.01. The summed E-state index contributed by atoms with van der Waals surface area (Å²) >= 11 is 0. The van der Waals surface area contributed by atoms with Gasteiger partial charge in [-0.05, 0) is 36.8 Å². The first-order chi connectivity index (χ1) is 10.9. The van der Waals surface area contributed by atoms with Crippen LogP contribution in [0.2, 0.25) is 0 Å². The lowest BCUT2D eigenvalue weighted by Crippen LogP contribution is -2.41. The van der Waals surface area contributed by atoms with E-state index >= 15 is 0 Å². The van der Waals surface area contributed by atoms with Gasteiger partial charge in [0.2, 0.25) is 0 Å². The predicted molar refractivity (Wildman–Crippen MR) is 78.8 cm³/mol. The van der Waals surface area contributed by atoms with Crippen molar-refractivity contribution in [2.75, 3.05) is 0 Å². The van der Waals surface area contributed by atoms with E-state index in [1.54, 1.807) is 6.07 Å². The van der Waals surface area contributed by atoms with Crippen LogP contribution in [0.25, 0.3) is 0 Å². The Bertz CT molecular complexity index is 587. The van der Waals surface area contributed by atoms with E-state index in [1.165, 1.54) is 6.07 Å². The Labute approximate surface area is 133 Å². The Morgan fingerprint density at radius 3 is 2.70 bits per heavy atom. The summed E-state index contributed by atoms with van der Waals surface area (Å²) < 4.78 is 38.5. The summed E-state index contributed by atoms with van der Waals surface area (Å²) in [5, 5.41) is 9.47. The fraction of sp³-hybridized carbons (Fsp3) is 0.588. The first-order valence-electron chi connectivity index (χ1n) is 8.01. The highest BCUT2D eigenvalue weighted by Crippen LogP contribution is 2.41. The van der Waals surface area contributed by atoms with Crippen molar-refractivity contribution >= 4 is 5.97 Å².